The molecule has 1 heteroatoms. The Balaban J connectivity index is 2.99. The Morgan fingerprint density at radius 2 is 1.83 bits per heavy atom. The Bertz CT molecular complexity index is 222. The van der Waals surface area contributed by atoms with Gasteiger partial charge in [-0.1, -0.05) is 39.8 Å². The molecule has 1 aliphatic heterocycles. The lowest BCUT2D eigenvalue weighted by Gasteiger charge is -2.35. The zero-order chi connectivity index (χ0) is 9.24. The van der Waals surface area contributed by atoms with Gasteiger partial charge in [0.05, 0.1) is 0 Å². The van der Waals surface area contributed by atoms with Gasteiger partial charge in [-0.05, 0) is 11.5 Å². The van der Waals surface area contributed by atoms with Crippen LogP contribution in [0.4, 0.5) is 0 Å². The van der Waals surface area contributed by atoms with E-state index in [0.29, 0.717) is 0 Å². The minimum atomic E-state index is 0.0660. The quantitative estimate of drug-likeness (QED) is 0.520. The molecule has 0 radical (unpaired) electrons. The molecule has 0 N–H and O–H groups in total. The minimum absolute atomic E-state index is 0.0660. The maximum absolute atomic E-state index is 4.22. The lowest BCUT2D eigenvalue weighted by atomic mass is 9.68. The molecule has 0 saturated carbocycles. The Kier molecular flexibility index (Phi) is 2.22. The third-order valence-electron chi connectivity index (χ3n) is 2.68. The van der Waals surface area contributed by atoms with Crippen LogP contribution in [0.5, 0.6) is 0 Å². The van der Waals surface area contributed by atoms with Crippen molar-refractivity contribution in [2.24, 2.45) is 15.8 Å². The average molecular weight is 163 g/mol. The van der Waals surface area contributed by atoms with Crippen LogP contribution in [-0.4, -0.2) is 6.21 Å². The first-order valence-electron chi connectivity index (χ1n) is 4.34. The fraction of sp³-hybridized carbons (Fsp3) is 0.545. The van der Waals surface area contributed by atoms with E-state index < -0.39 is 0 Å². The summed E-state index contributed by atoms with van der Waals surface area (Å²) < 4.78 is 0. The number of hydrogen-bond acceptors (Lipinski definition) is 1. The highest BCUT2D eigenvalue weighted by atomic mass is 14.7. The summed E-state index contributed by atoms with van der Waals surface area (Å²) in [7, 11) is 0. The number of rotatable bonds is 0. The standard InChI is InChI=1S/C11H17N/c1-10(2,3)11(4)7-5-6-8-12-9-11/h5-9H,1-4H3. The van der Waals surface area contributed by atoms with Crippen molar-refractivity contribution in [3.05, 3.63) is 24.4 Å². The molecule has 0 aromatic rings. The lowest BCUT2D eigenvalue weighted by Crippen LogP contribution is -2.32. The van der Waals surface area contributed by atoms with Gasteiger partial charge in [-0.2, -0.15) is 0 Å². The summed E-state index contributed by atoms with van der Waals surface area (Å²) in [6, 6.07) is 0. The Labute approximate surface area is 74.9 Å². The van der Waals surface area contributed by atoms with Gasteiger partial charge in [0.2, 0.25) is 0 Å². The first kappa shape index (κ1) is 9.24. The monoisotopic (exact) mass is 163 g/mol. The van der Waals surface area contributed by atoms with Crippen molar-refractivity contribution in [2.45, 2.75) is 27.7 Å². The van der Waals surface area contributed by atoms with Crippen molar-refractivity contribution in [1.82, 2.24) is 0 Å². The van der Waals surface area contributed by atoms with E-state index in [1.54, 1.807) is 0 Å². The molecule has 66 valence electrons. The molecule has 1 atom stereocenters. The third-order valence-corrected chi connectivity index (χ3v) is 2.68. The Morgan fingerprint density at radius 1 is 1.17 bits per heavy atom. The smallest absolute Gasteiger partial charge is 0.0264 e. The van der Waals surface area contributed by atoms with Crippen molar-refractivity contribution in [1.29, 1.82) is 0 Å². The third kappa shape index (κ3) is 1.66. The van der Waals surface area contributed by atoms with Crippen molar-refractivity contribution in [3.63, 3.8) is 0 Å². The van der Waals surface area contributed by atoms with Crippen LogP contribution in [0.1, 0.15) is 27.7 Å². The summed E-state index contributed by atoms with van der Waals surface area (Å²) in [4.78, 5) is 4.22. The van der Waals surface area contributed by atoms with Gasteiger partial charge in [0, 0.05) is 17.8 Å². The molecule has 0 fully saturated rings. The average Bonchev–Trinajstić information content (AvgIpc) is 2.12. The topological polar surface area (TPSA) is 12.4 Å². The molecule has 0 aromatic carbocycles. The summed E-state index contributed by atoms with van der Waals surface area (Å²) in [6.45, 7) is 8.90. The highest BCUT2D eigenvalue weighted by Gasteiger charge is 2.33. The maximum Gasteiger partial charge on any atom is 0.0264 e. The van der Waals surface area contributed by atoms with Crippen LogP contribution in [0.25, 0.3) is 0 Å². The molecular weight excluding hydrogens is 146 g/mol. The van der Waals surface area contributed by atoms with E-state index in [1.807, 2.05) is 18.5 Å². The van der Waals surface area contributed by atoms with Gasteiger partial charge in [0.25, 0.3) is 0 Å². The van der Waals surface area contributed by atoms with E-state index >= 15 is 0 Å². The van der Waals surface area contributed by atoms with Gasteiger partial charge in [0.1, 0.15) is 0 Å². The molecule has 0 saturated heterocycles. The van der Waals surface area contributed by atoms with Gasteiger partial charge in [-0.25, -0.2) is 0 Å². The van der Waals surface area contributed by atoms with E-state index in [0.717, 1.165) is 0 Å². The summed E-state index contributed by atoms with van der Waals surface area (Å²) in [6.07, 6.45) is 10.1. The molecule has 1 unspecified atom stereocenters. The van der Waals surface area contributed by atoms with E-state index in [1.165, 1.54) is 0 Å². The van der Waals surface area contributed by atoms with Crippen molar-refractivity contribution >= 4 is 6.21 Å². The molecule has 12 heavy (non-hydrogen) atoms. The second-order valence-corrected chi connectivity index (χ2v) is 4.51. The molecule has 1 rings (SSSR count). The largest absolute Gasteiger partial charge is 0.268 e. The molecule has 1 nitrogen and oxygen atoms in total. The molecule has 0 spiro atoms. The predicted molar refractivity (Wildman–Crippen MR) is 54.3 cm³/mol. The summed E-state index contributed by atoms with van der Waals surface area (Å²) in [5.74, 6) is 0. The van der Waals surface area contributed by atoms with Crippen LogP contribution in [0.15, 0.2) is 29.4 Å². The van der Waals surface area contributed by atoms with Crippen LogP contribution in [0.2, 0.25) is 0 Å². The zero-order valence-corrected chi connectivity index (χ0v) is 8.33. The zero-order valence-electron chi connectivity index (χ0n) is 8.33. The molecule has 0 bridgehead atoms. The number of nitrogens with zero attached hydrogens (tertiary/aromatic N) is 1. The highest BCUT2D eigenvalue weighted by Crippen LogP contribution is 2.38. The maximum atomic E-state index is 4.22. The fourth-order valence-electron chi connectivity index (χ4n) is 1.04. The van der Waals surface area contributed by atoms with E-state index in [9.17, 15) is 0 Å². The van der Waals surface area contributed by atoms with Crippen molar-refractivity contribution in [3.8, 4) is 0 Å². The number of hydrogen-bond donors (Lipinski definition) is 0. The SMILES string of the molecule is CC(C)(C)C1(C)C=CC=CN=C1. The minimum Gasteiger partial charge on any atom is -0.268 e. The highest BCUT2D eigenvalue weighted by molar-refractivity contribution is 5.70. The van der Waals surface area contributed by atoms with Gasteiger partial charge in [-0.3, -0.25) is 4.99 Å². The molecule has 0 amide bonds. The summed E-state index contributed by atoms with van der Waals surface area (Å²) in [5, 5.41) is 0. The van der Waals surface area contributed by atoms with Crippen molar-refractivity contribution < 1.29 is 0 Å². The van der Waals surface area contributed by atoms with Gasteiger partial charge in [0.15, 0.2) is 0 Å². The van der Waals surface area contributed by atoms with Crippen LogP contribution in [-0.2, 0) is 0 Å². The van der Waals surface area contributed by atoms with Gasteiger partial charge in [-0.15, -0.1) is 0 Å². The Hall–Kier alpha value is -0.850. The molecular formula is C11H17N. The second kappa shape index (κ2) is 2.89. The van der Waals surface area contributed by atoms with Gasteiger partial charge < -0.3 is 0 Å². The van der Waals surface area contributed by atoms with Crippen LogP contribution >= 0.6 is 0 Å². The first-order chi connectivity index (χ1) is 5.46. The molecule has 0 aliphatic carbocycles. The van der Waals surface area contributed by atoms with Crippen LogP contribution in [0, 0.1) is 10.8 Å². The van der Waals surface area contributed by atoms with E-state index in [4.69, 9.17) is 0 Å². The van der Waals surface area contributed by atoms with Crippen LogP contribution < -0.4 is 0 Å². The van der Waals surface area contributed by atoms with E-state index in [2.05, 4.69) is 44.8 Å². The van der Waals surface area contributed by atoms with E-state index in [-0.39, 0.29) is 10.8 Å². The first-order valence-corrected chi connectivity index (χ1v) is 4.34. The predicted octanol–water partition coefficient (Wildman–Crippen LogP) is 3.19. The molecule has 1 aliphatic rings. The number of allylic oxidation sites excluding steroid dienone is 3. The van der Waals surface area contributed by atoms with Crippen LogP contribution in [0.3, 0.4) is 0 Å². The van der Waals surface area contributed by atoms with Crippen molar-refractivity contribution in [2.75, 3.05) is 0 Å². The summed E-state index contributed by atoms with van der Waals surface area (Å²) in [5.41, 5.74) is 0.287. The second-order valence-electron chi connectivity index (χ2n) is 4.51. The summed E-state index contributed by atoms with van der Waals surface area (Å²) >= 11 is 0. The Morgan fingerprint density at radius 3 is 2.42 bits per heavy atom. The normalized spacial score (nSPS) is 29.0. The molecule has 0 aromatic heterocycles. The number of aliphatic imine (C=N–C) groups is 1. The van der Waals surface area contributed by atoms with Gasteiger partial charge >= 0.3 is 0 Å². The fourth-order valence-corrected chi connectivity index (χ4v) is 1.04. The lowest BCUT2D eigenvalue weighted by molar-refractivity contribution is 0.257. The molecule has 1 heterocycles.